The number of nitrogens with zero attached hydrogens (tertiary/aromatic N) is 1. The number of pyridine rings is 1. The predicted molar refractivity (Wildman–Crippen MR) is 116 cm³/mol. The minimum absolute atomic E-state index is 0.0214. The van der Waals surface area contributed by atoms with Gasteiger partial charge in [-0.05, 0) is 30.7 Å². The molecule has 9 nitrogen and oxygen atoms in total. The lowest BCUT2D eigenvalue weighted by atomic mass is 10.0. The second-order valence-corrected chi connectivity index (χ2v) is 8.01. The van der Waals surface area contributed by atoms with Crippen molar-refractivity contribution < 1.29 is 37.5 Å². The molecule has 0 saturated carbocycles. The van der Waals surface area contributed by atoms with Crippen LogP contribution < -0.4 is 19.6 Å². The third kappa shape index (κ3) is 4.94. The Morgan fingerprint density at radius 3 is 2.44 bits per heavy atom. The molecule has 0 amide bonds. The quantitative estimate of drug-likeness (QED) is 0.458. The van der Waals surface area contributed by atoms with E-state index in [4.69, 9.17) is 14.2 Å². The van der Waals surface area contributed by atoms with Gasteiger partial charge in [-0.1, -0.05) is 6.92 Å². The average molecular weight is 467 g/mol. The van der Waals surface area contributed by atoms with Crippen molar-refractivity contribution in [2.45, 2.75) is 20.1 Å². The normalized spacial score (nSPS) is 11.6. The molecule has 3 rings (SSSR count). The molecule has 1 aromatic heterocycles. The fourth-order valence-electron chi connectivity index (χ4n) is 3.24. The molecule has 32 heavy (non-hydrogen) atoms. The van der Waals surface area contributed by atoms with E-state index in [-0.39, 0.29) is 22.2 Å². The van der Waals surface area contributed by atoms with Crippen LogP contribution in [-0.2, 0) is 15.8 Å². The maximum Gasteiger partial charge on any atom is 0.471 e. The minimum Gasteiger partial charge on any atom is -0.497 e. The number of benzene rings is 2. The summed E-state index contributed by atoms with van der Waals surface area (Å²) in [4.78, 5) is 31.7. The van der Waals surface area contributed by atoms with Gasteiger partial charge < -0.3 is 28.6 Å². The number of hydrogen-bond acceptors (Lipinski definition) is 6. The minimum atomic E-state index is -4.86. The highest BCUT2D eigenvalue weighted by atomic mass is 31.2. The van der Waals surface area contributed by atoms with E-state index in [1.54, 1.807) is 18.2 Å². The molecule has 0 radical (unpaired) electrons. The molecular formula is C21H23FNO8P. The largest absolute Gasteiger partial charge is 0.497 e. The monoisotopic (exact) mass is 467 g/mol. The lowest BCUT2D eigenvalue weighted by Gasteiger charge is -2.18. The molecule has 1 heterocycles. The molecular weight excluding hydrogens is 444 g/mol. The number of ether oxygens (including phenoxy) is 3. The van der Waals surface area contributed by atoms with Crippen LogP contribution in [0.2, 0.25) is 0 Å². The number of fused-ring (bicyclic) bond motifs is 1. The Labute approximate surface area is 183 Å². The molecule has 0 aliphatic heterocycles. The number of rotatable bonds is 9. The van der Waals surface area contributed by atoms with Gasteiger partial charge in [0, 0.05) is 23.4 Å². The lowest BCUT2D eigenvalue weighted by Crippen LogP contribution is -2.16. The molecule has 0 saturated heterocycles. The van der Waals surface area contributed by atoms with Crippen LogP contribution in [0.15, 0.2) is 41.3 Å². The van der Waals surface area contributed by atoms with Crippen LogP contribution in [-0.4, -0.2) is 35.2 Å². The number of phosphoric acid groups is 1. The third-order valence-electron chi connectivity index (χ3n) is 4.66. The topological polar surface area (TPSA) is 116 Å². The summed E-state index contributed by atoms with van der Waals surface area (Å²) in [6.45, 7) is 1.52. The van der Waals surface area contributed by atoms with E-state index >= 15 is 0 Å². The van der Waals surface area contributed by atoms with Crippen molar-refractivity contribution in [2.75, 3.05) is 20.8 Å². The summed E-state index contributed by atoms with van der Waals surface area (Å²) < 4.78 is 48.3. The van der Waals surface area contributed by atoms with Gasteiger partial charge in [0.15, 0.2) is 5.43 Å². The lowest BCUT2D eigenvalue weighted by molar-refractivity contribution is 0.155. The van der Waals surface area contributed by atoms with Crippen LogP contribution in [0.25, 0.3) is 22.0 Å². The van der Waals surface area contributed by atoms with E-state index in [9.17, 15) is 23.5 Å². The Hall–Kier alpha value is -2.91. The zero-order valence-electron chi connectivity index (χ0n) is 17.7. The maximum absolute atomic E-state index is 14.9. The van der Waals surface area contributed by atoms with Gasteiger partial charge in [0.2, 0.25) is 0 Å². The number of halogens is 1. The van der Waals surface area contributed by atoms with Crippen molar-refractivity contribution in [2.24, 2.45) is 0 Å². The van der Waals surface area contributed by atoms with Gasteiger partial charge in [0.1, 0.15) is 29.8 Å². The summed E-state index contributed by atoms with van der Waals surface area (Å²) >= 11 is 0. The SMILES string of the molecule is CCCOc1ccc(F)c2c(=O)c(-c3ccc(OC)cc3OC)cn(COP(=O)(O)O)c12. The van der Waals surface area contributed by atoms with Gasteiger partial charge in [-0.2, -0.15) is 0 Å². The van der Waals surface area contributed by atoms with E-state index < -0.39 is 25.8 Å². The smallest absolute Gasteiger partial charge is 0.471 e. The number of phosphoric ester groups is 1. The summed E-state index contributed by atoms with van der Waals surface area (Å²) in [5.41, 5.74) is -0.245. The van der Waals surface area contributed by atoms with E-state index in [0.717, 1.165) is 6.07 Å². The average Bonchev–Trinajstić information content (AvgIpc) is 2.77. The molecule has 11 heteroatoms. The molecule has 0 fully saturated rings. The first-order valence-corrected chi connectivity index (χ1v) is 11.1. The van der Waals surface area contributed by atoms with Crippen molar-refractivity contribution >= 4 is 18.7 Å². The molecule has 0 bridgehead atoms. The van der Waals surface area contributed by atoms with Crippen molar-refractivity contribution in [1.29, 1.82) is 0 Å². The molecule has 3 aromatic rings. The number of hydrogen-bond donors (Lipinski definition) is 2. The fraction of sp³-hybridized carbons (Fsp3) is 0.286. The molecule has 0 spiro atoms. The van der Waals surface area contributed by atoms with Crippen LogP contribution in [0.1, 0.15) is 13.3 Å². The van der Waals surface area contributed by atoms with E-state index in [1.165, 1.54) is 31.0 Å². The fourth-order valence-corrected chi connectivity index (χ4v) is 3.52. The summed E-state index contributed by atoms with van der Waals surface area (Å²) in [5, 5.41) is -0.303. The van der Waals surface area contributed by atoms with Gasteiger partial charge in [0.25, 0.3) is 0 Å². The van der Waals surface area contributed by atoms with Gasteiger partial charge in [-0.3, -0.25) is 9.32 Å². The van der Waals surface area contributed by atoms with Crippen LogP contribution in [0.4, 0.5) is 4.39 Å². The van der Waals surface area contributed by atoms with Crippen molar-refractivity contribution in [3.63, 3.8) is 0 Å². The molecule has 0 unspecified atom stereocenters. The second-order valence-electron chi connectivity index (χ2n) is 6.77. The number of aromatic nitrogens is 1. The van der Waals surface area contributed by atoms with E-state index in [0.29, 0.717) is 30.1 Å². The standard InChI is InChI=1S/C21H23FNO8P/c1-4-9-30-17-8-7-16(22)19-20(17)23(12-31-32(25,26)27)11-15(21(19)24)14-6-5-13(28-2)10-18(14)29-3/h5-8,10-11H,4,9,12H2,1-3H3,(H2,25,26,27). The Morgan fingerprint density at radius 2 is 1.81 bits per heavy atom. The van der Waals surface area contributed by atoms with Crippen LogP contribution in [0.5, 0.6) is 17.2 Å². The first kappa shape index (κ1) is 23.7. The first-order valence-electron chi connectivity index (χ1n) is 9.61. The summed E-state index contributed by atoms with van der Waals surface area (Å²) in [6, 6.07) is 7.21. The highest BCUT2D eigenvalue weighted by molar-refractivity contribution is 7.46. The van der Waals surface area contributed by atoms with E-state index in [2.05, 4.69) is 4.52 Å². The van der Waals surface area contributed by atoms with Crippen LogP contribution in [0, 0.1) is 5.82 Å². The molecule has 172 valence electrons. The van der Waals surface area contributed by atoms with Gasteiger partial charge >= 0.3 is 7.82 Å². The number of methoxy groups -OCH3 is 2. The maximum atomic E-state index is 14.9. The first-order chi connectivity index (χ1) is 15.2. The van der Waals surface area contributed by atoms with Crippen molar-refractivity contribution in [1.82, 2.24) is 4.57 Å². The molecule has 2 aromatic carbocycles. The Kier molecular flexibility index (Phi) is 7.20. The summed E-state index contributed by atoms with van der Waals surface area (Å²) in [6.07, 6.45) is 1.98. The summed E-state index contributed by atoms with van der Waals surface area (Å²) in [7, 11) is -1.97. The van der Waals surface area contributed by atoms with Gasteiger partial charge in [0.05, 0.1) is 31.7 Å². The second kappa shape index (κ2) is 9.70. The van der Waals surface area contributed by atoms with Crippen LogP contribution in [0.3, 0.4) is 0 Å². The molecule has 0 atom stereocenters. The highest BCUT2D eigenvalue weighted by Crippen LogP contribution is 2.38. The van der Waals surface area contributed by atoms with Crippen LogP contribution >= 0.6 is 7.82 Å². The Bertz CT molecular complexity index is 1240. The third-order valence-corrected chi connectivity index (χ3v) is 5.11. The van der Waals surface area contributed by atoms with Gasteiger partial charge in [-0.25, -0.2) is 8.96 Å². The Morgan fingerprint density at radius 1 is 1.06 bits per heavy atom. The predicted octanol–water partition coefficient (Wildman–Crippen LogP) is 3.68. The Balaban J connectivity index is 2.34. The molecule has 0 aliphatic rings. The highest BCUT2D eigenvalue weighted by Gasteiger charge is 2.22. The van der Waals surface area contributed by atoms with Gasteiger partial charge in [-0.15, -0.1) is 0 Å². The van der Waals surface area contributed by atoms with E-state index in [1.807, 2.05) is 6.92 Å². The zero-order chi connectivity index (χ0) is 23.5. The summed E-state index contributed by atoms with van der Waals surface area (Å²) in [5.74, 6) is 0.149. The van der Waals surface area contributed by atoms with Crippen molar-refractivity contribution in [3.05, 3.63) is 52.6 Å². The molecule has 2 N–H and O–H groups in total. The van der Waals surface area contributed by atoms with Crippen molar-refractivity contribution in [3.8, 4) is 28.4 Å². The molecule has 0 aliphatic carbocycles. The zero-order valence-corrected chi connectivity index (χ0v) is 18.6.